The topological polar surface area (TPSA) is 67.3 Å². The van der Waals surface area contributed by atoms with Gasteiger partial charge in [0.1, 0.15) is 22.9 Å². The van der Waals surface area contributed by atoms with Crippen LogP contribution in [0.4, 0.5) is 10.6 Å². The Bertz CT molecular complexity index is 490. The molecule has 1 N–H and O–H groups in total. The molecule has 0 aliphatic carbocycles. The number of halogens is 1. The van der Waals surface area contributed by atoms with Crippen LogP contribution < -0.4 is 5.32 Å². The number of rotatable bonds is 2. The van der Waals surface area contributed by atoms with Crippen LogP contribution >= 0.6 is 11.6 Å². The first-order valence-electron chi connectivity index (χ1n) is 6.55. The zero-order valence-corrected chi connectivity index (χ0v) is 12.6. The molecule has 110 valence electrons. The molecule has 1 aromatic heterocycles. The van der Waals surface area contributed by atoms with E-state index in [9.17, 15) is 4.79 Å². The number of aromatic nitrogens is 2. The van der Waals surface area contributed by atoms with Gasteiger partial charge in [0.25, 0.3) is 0 Å². The molecule has 2 heterocycles. The third-order valence-electron chi connectivity index (χ3n) is 2.83. The lowest BCUT2D eigenvalue weighted by molar-refractivity contribution is 0.0293. The first-order valence-corrected chi connectivity index (χ1v) is 6.93. The molecule has 0 spiro atoms. The van der Waals surface area contributed by atoms with Crippen molar-refractivity contribution >= 4 is 23.5 Å². The average Bonchev–Trinajstić information content (AvgIpc) is 2.75. The van der Waals surface area contributed by atoms with Crippen LogP contribution in [-0.2, 0) is 4.74 Å². The minimum atomic E-state index is -0.469. The summed E-state index contributed by atoms with van der Waals surface area (Å²) in [6.45, 7) is 6.85. The minimum Gasteiger partial charge on any atom is -0.444 e. The largest absolute Gasteiger partial charge is 0.444 e. The maximum Gasteiger partial charge on any atom is 0.410 e. The highest BCUT2D eigenvalue weighted by Gasteiger charge is 2.29. The van der Waals surface area contributed by atoms with Crippen LogP contribution in [0.1, 0.15) is 27.2 Å². The van der Waals surface area contributed by atoms with Gasteiger partial charge in [-0.2, -0.15) is 0 Å². The van der Waals surface area contributed by atoms with E-state index in [1.165, 1.54) is 6.33 Å². The molecule has 20 heavy (non-hydrogen) atoms. The van der Waals surface area contributed by atoms with E-state index in [1.54, 1.807) is 11.0 Å². The van der Waals surface area contributed by atoms with Gasteiger partial charge in [-0.05, 0) is 27.2 Å². The molecule has 7 heteroatoms. The number of nitrogens with zero attached hydrogens (tertiary/aromatic N) is 3. The first-order chi connectivity index (χ1) is 9.33. The van der Waals surface area contributed by atoms with E-state index in [0.717, 1.165) is 6.42 Å². The van der Waals surface area contributed by atoms with Gasteiger partial charge >= 0.3 is 6.09 Å². The van der Waals surface area contributed by atoms with Crippen LogP contribution in [0.5, 0.6) is 0 Å². The Balaban J connectivity index is 1.88. The monoisotopic (exact) mass is 298 g/mol. The van der Waals surface area contributed by atoms with Crippen molar-refractivity contribution in [1.29, 1.82) is 0 Å². The van der Waals surface area contributed by atoms with Crippen LogP contribution in [0, 0.1) is 0 Å². The molecule has 1 saturated heterocycles. The second-order valence-corrected chi connectivity index (χ2v) is 6.17. The van der Waals surface area contributed by atoms with Crippen molar-refractivity contribution in [2.45, 2.75) is 38.8 Å². The van der Waals surface area contributed by atoms with Gasteiger partial charge in [0, 0.05) is 25.2 Å². The number of hydrogen-bond donors (Lipinski definition) is 1. The number of carbonyl (C=O) groups excluding carboxylic acids is 1. The predicted molar refractivity (Wildman–Crippen MR) is 76.9 cm³/mol. The van der Waals surface area contributed by atoms with E-state index >= 15 is 0 Å². The molecule has 1 fully saturated rings. The summed E-state index contributed by atoms with van der Waals surface area (Å²) < 4.78 is 5.35. The van der Waals surface area contributed by atoms with Gasteiger partial charge in [0.2, 0.25) is 0 Å². The zero-order valence-electron chi connectivity index (χ0n) is 11.9. The van der Waals surface area contributed by atoms with E-state index in [1.807, 2.05) is 20.8 Å². The van der Waals surface area contributed by atoms with E-state index in [4.69, 9.17) is 16.3 Å². The van der Waals surface area contributed by atoms with Crippen molar-refractivity contribution in [3.63, 3.8) is 0 Å². The Kier molecular flexibility index (Phi) is 4.32. The van der Waals surface area contributed by atoms with Crippen molar-refractivity contribution in [3.05, 3.63) is 17.5 Å². The molecule has 0 unspecified atom stereocenters. The van der Waals surface area contributed by atoms with Gasteiger partial charge in [0.15, 0.2) is 0 Å². The lowest BCUT2D eigenvalue weighted by atomic mass is 10.2. The van der Waals surface area contributed by atoms with Crippen LogP contribution in [0.3, 0.4) is 0 Å². The first kappa shape index (κ1) is 14.8. The van der Waals surface area contributed by atoms with Gasteiger partial charge in [-0.3, -0.25) is 0 Å². The lowest BCUT2D eigenvalue weighted by Gasteiger charge is -2.24. The van der Waals surface area contributed by atoms with Crippen LogP contribution in [0.25, 0.3) is 0 Å². The van der Waals surface area contributed by atoms with Crippen LogP contribution in [-0.4, -0.2) is 45.7 Å². The molecule has 1 aliphatic heterocycles. The highest BCUT2D eigenvalue weighted by Crippen LogP contribution is 2.18. The Labute approximate surface area is 123 Å². The molecular weight excluding hydrogens is 280 g/mol. The summed E-state index contributed by atoms with van der Waals surface area (Å²) >= 11 is 5.81. The Morgan fingerprint density at radius 2 is 2.25 bits per heavy atom. The Morgan fingerprint density at radius 1 is 1.50 bits per heavy atom. The summed E-state index contributed by atoms with van der Waals surface area (Å²) in [5.74, 6) is 0.668. The van der Waals surface area contributed by atoms with Crippen molar-refractivity contribution in [1.82, 2.24) is 14.9 Å². The molecule has 0 bridgehead atoms. The highest BCUT2D eigenvalue weighted by molar-refractivity contribution is 6.29. The molecule has 0 aromatic carbocycles. The van der Waals surface area contributed by atoms with E-state index < -0.39 is 5.60 Å². The summed E-state index contributed by atoms with van der Waals surface area (Å²) in [6, 6.07) is 1.81. The number of amides is 1. The van der Waals surface area contributed by atoms with Gasteiger partial charge in [-0.1, -0.05) is 11.6 Å². The average molecular weight is 299 g/mol. The maximum atomic E-state index is 11.9. The zero-order chi connectivity index (χ0) is 14.8. The van der Waals surface area contributed by atoms with E-state index in [0.29, 0.717) is 24.1 Å². The lowest BCUT2D eigenvalue weighted by Crippen LogP contribution is -2.36. The number of carbonyl (C=O) groups is 1. The fourth-order valence-electron chi connectivity index (χ4n) is 1.99. The minimum absolute atomic E-state index is 0.147. The van der Waals surface area contributed by atoms with E-state index in [2.05, 4.69) is 15.3 Å². The quantitative estimate of drug-likeness (QED) is 0.850. The number of hydrogen-bond acceptors (Lipinski definition) is 5. The summed E-state index contributed by atoms with van der Waals surface area (Å²) in [5, 5.41) is 3.64. The molecule has 0 saturated carbocycles. The molecule has 1 amide bonds. The second-order valence-electron chi connectivity index (χ2n) is 5.78. The van der Waals surface area contributed by atoms with Gasteiger partial charge in [-0.25, -0.2) is 14.8 Å². The number of nitrogens with one attached hydrogen (secondary N) is 1. The van der Waals surface area contributed by atoms with Crippen molar-refractivity contribution < 1.29 is 9.53 Å². The maximum absolute atomic E-state index is 11.9. The summed E-state index contributed by atoms with van der Waals surface area (Å²) in [7, 11) is 0. The molecule has 0 radical (unpaired) electrons. The van der Waals surface area contributed by atoms with Gasteiger partial charge in [-0.15, -0.1) is 0 Å². The van der Waals surface area contributed by atoms with Crippen LogP contribution in [0.2, 0.25) is 5.15 Å². The SMILES string of the molecule is CC(C)(C)OC(=O)N1CC[C@@H](Nc2cc(Cl)ncn2)C1. The standard InChI is InChI=1S/C13H19ClN4O2/c1-13(2,3)20-12(19)18-5-4-9(7-18)17-11-6-10(14)15-8-16-11/h6,8-9H,4-5,7H2,1-3H3,(H,15,16,17)/t9-/m1/s1. The molecule has 1 aliphatic rings. The fraction of sp³-hybridized carbons (Fsp3) is 0.615. The van der Waals surface area contributed by atoms with E-state index in [-0.39, 0.29) is 12.1 Å². The Hall–Kier alpha value is -1.56. The third-order valence-corrected chi connectivity index (χ3v) is 3.03. The van der Waals surface area contributed by atoms with Gasteiger partial charge in [0.05, 0.1) is 0 Å². The number of anilines is 1. The molecule has 1 atom stereocenters. The fourth-order valence-corrected chi connectivity index (χ4v) is 2.14. The van der Waals surface area contributed by atoms with Crippen molar-refractivity contribution in [3.8, 4) is 0 Å². The molecule has 2 rings (SSSR count). The van der Waals surface area contributed by atoms with Crippen molar-refractivity contribution in [2.75, 3.05) is 18.4 Å². The molecule has 6 nitrogen and oxygen atoms in total. The molecule has 1 aromatic rings. The number of likely N-dealkylation sites (tertiary alicyclic amines) is 1. The summed E-state index contributed by atoms with van der Waals surface area (Å²) in [5.41, 5.74) is -0.469. The Morgan fingerprint density at radius 3 is 2.90 bits per heavy atom. The third kappa shape index (κ3) is 4.23. The van der Waals surface area contributed by atoms with Crippen molar-refractivity contribution in [2.24, 2.45) is 0 Å². The second kappa shape index (κ2) is 5.83. The molecular formula is C13H19ClN4O2. The predicted octanol–water partition coefficient (Wildman–Crippen LogP) is 2.55. The highest BCUT2D eigenvalue weighted by atomic mass is 35.5. The van der Waals surface area contributed by atoms with Gasteiger partial charge < -0.3 is 15.0 Å². The number of ether oxygens (including phenoxy) is 1. The normalized spacial score (nSPS) is 19.0. The summed E-state index contributed by atoms with van der Waals surface area (Å²) in [4.78, 5) is 21.6. The summed E-state index contributed by atoms with van der Waals surface area (Å²) in [6.07, 6.45) is 1.98. The smallest absolute Gasteiger partial charge is 0.410 e. The van der Waals surface area contributed by atoms with Crippen LogP contribution in [0.15, 0.2) is 12.4 Å².